The smallest absolute Gasteiger partial charge is 0.329 e. The summed E-state index contributed by atoms with van der Waals surface area (Å²) in [6.07, 6.45) is 0. The molecule has 1 atom stereocenters. The number of benzene rings is 1. The third-order valence-electron chi connectivity index (χ3n) is 3.16. The Morgan fingerprint density at radius 2 is 2.00 bits per heavy atom. The van der Waals surface area contributed by atoms with E-state index in [0.717, 1.165) is 10.5 Å². The Hall–Kier alpha value is -2.04. The minimum atomic E-state index is -0.458. The first kappa shape index (κ1) is 12.4. The van der Waals surface area contributed by atoms with Crippen LogP contribution in [0.15, 0.2) is 18.2 Å². The topological polar surface area (TPSA) is 75.4 Å². The van der Waals surface area contributed by atoms with Gasteiger partial charge in [0.1, 0.15) is 6.04 Å². The summed E-state index contributed by atoms with van der Waals surface area (Å²) in [4.78, 5) is 25.2. The maximum absolute atomic E-state index is 12.2. The van der Waals surface area contributed by atoms with Gasteiger partial charge < -0.3 is 11.1 Å². The van der Waals surface area contributed by atoms with Crippen LogP contribution >= 0.6 is 0 Å². The number of hydrogen-bond acceptors (Lipinski definition) is 3. The van der Waals surface area contributed by atoms with Crippen molar-refractivity contribution < 1.29 is 9.59 Å². The lowest BCUT2D eigenvalue weighted by atomic mass is 10.0. The summed E-state index contributed by atoms with van der Waals surface area (Å²) in [6.45, 7) is 5.67. The number of rotatable bonds is 2. The van der Waals surface area contributed by atoms with Crippen molar-refractivity contribution in [3.8, 4) is 0 Å². The maximum atomic E-state index is 12.2. The van der Waals surface area contributed by atoms with Gasteiger partial charge in [-0.1, -0.05) is 19.9 Å². The van der Waals surface area contributed by atoms with Gasteiger partial charge in [-0.15, -0.1) is 0 Å². The van der Waals surface area contributed by atoms with Gasteiger partial charge in [0.25, 0.3) is 5.91 Å². The molecule has 18 heavy (non-hydrogen) atoms. The molecule has 1 unspecified atom stereocenters. The molecule has 0 spiro atoms. The van der Waals surface area contributed by atoms with Gasteiger partial charge in [-0.05, 0) is 30.5 Å². The molecule has 0 aromatic heterocycles. The minimum Gasteiger partial charge on any atom is -0.398 e. The van der Waals surface area contributed by atoms with Crippen LogP contribution in [-0.2, 0) is 4.79 Å². The number of aryl methyl sites for hydroxylation is 1. The van der Waals surface area contributed by atoms with Gasteiger partial charge in [0.05, 0.1) is 5.69 Å². The lowest BCUT2D eigenvalue weighted by molar-refractivity contribution is -0.119. The van der Waals surface area contributed by atoms with Gasteiger partial charge in [-0.3, -0.25) is 4.79 Å². The van der Waals surface area contributed by atoms with Crippen molar-refractivity contribution in [3.05, 3.63) is 23.8 Å². The summed E-state index contributed by atoms with van der Waals surface area (Å²) in [6, 6.07) is 4.33. The summed E-state index contributed by atoms with van der Waals surface area (Å²) in [5, 5.41) is 2.68. The first-order valence-electron chi connectivity index (χ1n) is 5.92. The van der Waals surface area contributed by atoms with E-state index in [2.05, 4.69) is 5.32 Å². The number of urea groups is 1. The lowest BCUT2D eigenvalue weighted by Crippen LogP contribution is -2.34. The van der Waals surface area contributed by atoms with Crippen LogP contribution in [0.5, 0.6) is 0 Å². The average molecular weight is 247 g/mol. The number of amides is 3. The van der Waals surface area contributed by atoms with E-state index in [1.807, 2.05) is 20.8 Å². The van der Waals surface area contributed by atoms with E-state index in [9.17, 15) is 9.59 Å². The van der Waals surface area contributed by atoms with Crippen molar-refractivity contribution >= 4 is 23.3 Å². The molecule has 1 heterocycles. The van der Waals surface area contributed by atoms with E-state index in [1.165, 1.54) is 0 Å². The highest BCUT2D eigenvalue weighted by Gasteiger charge is 2.40. The fourth-order valence-electron chi connectivity index (χ4n) is 1.96. The number of carbonyl (C=O) groups excluding carboxylic acids is 2. The fourth-order valence-corrected chi connectivity index (χ4v) is 1.96. The van der Waals surface area contributed by atoms with Crippen LogP contribution in [0.1, 0.15) is 19.4 Å². The summed E-state index contributed by atoms with van der Waals surface area (Å²) in [5.74, 6) is -0.160. The molecular weight excluding hydrogens is 230 g/mol. The van der Waals surface area contributed by atoms with Crippen LogP contribution in [0, 0.1) is 12.8 Å². The zero-order chi connectivity index (χ0) is 13.4. The number of nitrogens with one attached hydrogen (secondary N) is 1. The van der Waals surface area contributed by atoms with Gasteiger partial charge >= 0.3 is 6.03 Å². The zero-order valence-electron chi connectivity index (χ0n) is 10.7. The molecule has 1 saturated heterocycles. The molecule has 0 radical (unpaired) electrons. The predicted octanol–water partition coefficient (Wildman–Crippen LogP) is 1.66. The fraction of sp³-hybridized carbons (Fsp3) is 0.385. The highest BCUT2D eigenvalue weighted by molar-refractivity contribution is 6.21. The molecule has 1 aromatic carbocycles. The number of imide groups is 1. The van der Waals surface area contributed by atoms with Crippen molar-refractivity contribution in [1.82, 2.24) is 5.32 Å². The molecule has 1 aliphatic rings. The molecule has 0 bridgehead atoms. The molecule has 0 saturated carbocycles. The molecule has 3 amide bonds. The van der Waals surface area contributed by atoms with Gasteiger partial charge in [0.15, 0.2) is 0 Å². The van der Waals surface area contributed by atoms with Crippen LogP contribution in [-0.4, -0.2) is 18.0 Å². The molecule has 1 fully saturated rings. The van der Waals surface area contributed by atoms with Crippen LogP contribution < -0.4 is 16.0 Å². The minimum absolute atomic E-state index is 0.0641. The molecule has 3 N–H and O–H groups in total. The van der Waals surface area contributed by atoms with Crippen LogP contribution in [0.25, 0.3) is 0 Å². The number of nitrogens with two attached hydrogens (primary N) is 1. The predicted molar refractivity (Wildman–Crippen MR) is 70.2 cm³/mol. The van der Waals surface area contributed by atoms with Crippen molar-refractivity contribution in [3.63, 3.8) is 0 Å². The van der Waals surface area contributed by atoms with Crippen LogP contribution in [0.3, 0.4) is 0 Å². The summed E-state index contributed by atoms with van der Waals surface area (Å²) in [7, 11) is 0. The Balaban J connectivity index is 2.36. The quantitative estimate of drug-likeness (QED) is 0.616. The molecule has 1 aromatic rings. The van der Waals surface area contributed by atoms with Crippen LogP contribution in [0.2, 0.25) is 0 Å². The average Bonchev–Trinajstić information content (AvgIpc) is 2.59. The number of nitrogens with zero attached hydrogens (tertiary/aromatic N) is 1. The second kappa shape index (κ2) is 4.33. The first-order valence-corrected chi connectivity index (χ1v) is 5.92. The van der Waals surface area contributed by atoms with E-state index < -0.39 is 6.04 Å². The number of anilines is 2. The van der Waals surface area contributed by atoms with E-state index in [1.54, 1.807) is 18.2 Å². The number of hydrogen-bond donors (Lipinski definition) is 2. The molecule has 5 heteroatoms. The number of nitrogen functional groups attached to an aromatic ring is 1. The Morgan fingerprint density at radius 1 is 1.33 bits per heavy atom. The Kier molecular flexibility index (Phi) is 2.98. The Labute approximate surface area is 106 Å². The van der Waals surface area contributed by atoms with Gasteiger partial charge in [0.2, 0.25) is 0 Å². The third-order valence-corrected chi connectivity index (χ3v) is 3.16. The maximum Gasteiger partial charge on any atom is 0.329 e. The summed E-state index contributed by atoms with van der Waals surface area (Å²) < 4.78 is 0. The molecular formula is C13H17N3O2. The Morgan fingerprint density at radius 3 is 2.50 bits per heavy atom. The largest absolute Gasteiger partial charge is 0.398 e. The van der Waals surface area contributed by atoms with Crippen molar-refractivity contribution in [2.45, 2.75) is 26.8 Å². The molecule has 1 aliphatic heterocycles. The first-order chi connectivity index (χ1) is 8.41. The lowest BCUT2D eigenvalue weighted by Gasteiger charge is -2.15. The highest BCUT2D eigenvalue weighted by atomic mass is 16.2. The Bertz CT molecular complexity index is 511. The molecule has 0 aliphatic carbocycles. The van der Waals surface area contributed by atoms with Gasteiger partial charge in [0, 0.05) is 5.69 Å². The van der Waals surface area contributed by atoms with Crippen LogP contribution in [0.4, 0.5) is 16.2 Å². The van der Waals surface area contributed by atoms with Gasteiger partial charge in [-0.25, -0.2) is 9.69 Å². The van der Waals surface area contributed by atoms with E-state index >= 15 is 0 Å². The van der Waals surface area contributed by atoms with E-state index in [0.29, 0.717) is 11.4 Å². The second-order valence-corrected chi connectivity index (χ2v) is 4.89. The molecule has 5 nitrogen and oxygen atoms in total. The third kappa shape index (κ3) is 1.92. The zero-order valence-corrected chi connectivity index (χ0v) is 10.7. The monoisotopic (exact) mass is 247 g/mol. The van der Waals surface area contributed by atoms with Gasteiger partial charge in [-0.2, -0.15) is 0 Å². The molecule has 96 valence electrons. The number of carbonyl (C=O) groups is 2. The summed E-state index contributed by atoms with van der Waals surface area (Å²) in [5.41, 5.74) is 7.81. The van der Waals surface area contributed by atoms with E-state index in [4.69, 9.17) is 5.73 Å². The highest BCUT2D eigenvalue weighted by Crippen LogP contribution is 2.25. The normalized spacial score (nSPS) is 19.6. The standard InChI is InChI=1S/C13H17N3O2/c1-7(2)11-12(17)16(13(18)15-11)9-5-4-8(3)10(14)6-9/h4-7,11H,14H2,1-3H3,(H,15,18). The summed E-state index contributed by atoms with van der Waals surface area (Å²) >= 11 is 0. The second-order valence-electron chi connectivity index (χ2n) is 4.89. The SMILES string of the molecule is Cc1ccc(N2C(=O)NC(C(C)C)C2=O)cc1N. The van der Waals surface area contributed by atoms with Crippen molar-refractivity contribution in [2.24, 2.45) is 5.92 Å². The van der Waals surface area contributed by atoms with E-state index in [-0.39, 0.29) is 17.9 Å². The molecule has 2 rings (SSSR count). The van der Waals surface area contributed by atoms with Crippen molar-refractivity contribution in [1.29, 1.82) is 0 Å². The van der Waals surface area contributed by atoms with Crippen molar-refractivity contribution in [2.75, 3.05) is 10.6 Å².